The highest BCUT2D eigenvalue weighted by atomic mass is 32.1. The third-order valence-electron chi connectivity index (χ3n) is 3.42. The van der Waals surface area contributed by atoms with E-state index < -0.39 is 0 Å². The fourth-order valence-corrected chi connectivity index (χ4v) is 3.23. The number of benzene rings is 2. The molecule has 3 aromatic rings. The summed E-state index contributed by atoms with van der Waals surface area (Å²) in [5.74, 6) is 1.01. The van der Waals surface area contributed by atoms with Gasteiger partial charge in [0.15, 0.2) is 0 Å². The quantitative estimate of drug-likeness (QED) is 0.542. The summed E-state index contributed by atoms with van der Waals surface area (Å²) in [5.41, 5.74) is 1.27. The number of fused-ring (bicyclic) bond motifs is 1. The van der Waals surface area contributed by atoms with E-state index in [0.717, 1.165) is 25.2 Å². The number of hydrogen-bond acceptors (Lipinski definition) is 2. The lowest BCUT2D eigenvalue weighted by Gasteiger charge is -2.09. The Hall–Kier alpha value is -1.80. The normalized spacial score (nSPS) is 10.8. The van der Waals surface area contributed by atoms with Gasteiger partial charge in [-0.3, -0.25) is 0 Å². The van der Waals surface area contributed by atoms with Crippen LogP contribution >= 0.6 is 11.3 Å². The van der Waals surface area contributed by atoms with Gasteiger partial charge in [-0.15, -0.1) is 11.3 Å². The van der Waals surface area contributed by atoms with Crippen molar-refractivity contribution in [2.45, 2.75) is 19.8 Å². The first-order valence-corrected chi connectivity index (χ1v) is 7.96. The molecule has 1 heterocycles. The van der Waals surface area contributed by atoms with Crippen molar-refractivity contribution in [3.63, 3.8) is 0 Å². The smallest absolute Gasteiger partial charge is 0.137 e. The van der Waals surface area contributed by atoms with E-state index in [1.807, 2.05) is 0 Å². The zero-order chi connectivity index (χ0) is 13.8. The summed E-state index contributed by atoms with van der Waals surface area (Å²) in [7, 11) is 0. The summed E-state index contributed by atoms with van der Waals surface area (Å²) in [6, 6.07) is 17.1. The van der Waals surface area contributed by atoms with Gasteiger partial charge < -0.3 is 4.74 Å². The molecule has 0 unspecified atom stereocenters. The van der Waals surface area contributed by atoms with Crippen molar-refractivity contribution in [3.8, 4) is 16.2 Å². The van der Waals surface area contributed by atoms with Gasteiger partial charge in [0.2, 0.25) is 0 Å². The molecule has 0 amide bonds. The molecule has 3 rings (SSSR count). The molecule has 0 atom stereocenters. The first-order chi connectivity index (χ1) is 9.90. The Morgan fingerprint density at radius 3 is 2.75 bits per heavy atom. The molecule has 0 saturated heterocycles. The minimum Gasteiger partial charge on any atom is -0.492 e. The lowest BCUT2D eigenvalue weighted by molar-refractivity contribution is 0.312. The summed E-state index contributed by atoms with van der Waals surface area (Å²) in [4.78, 5) is 1.23. The van der Waals surface area contributed by atoms with Crippen LogP contribution in [0.5, 0.6) is 5.75 Å². The average molecular weight is 282 g/mol. The Morgan fingerprint density at radius 2 is 1.85 bits per heavy atom. The number of ether oxygens (including phenoxy) is 1. The predicted molar refractivity (Wildman–Crippen MR) is 87.7 cm³/mol. The minimum atomic E-state index is 0.797. The van der Waals surface area contributed by atoms with Gasteiger partial charge in [0.1, 0.15) is 5.75 Å². The molecule has 0 aliphatic rings. The molecule has 0 fully saturated rings. The van der Waals surface area contributed by atoms with E-state index >= 15 is 0 Å². The Labute approximate surface area is 123 Å². The molecule has 0 aliphatic carbocycles. The van der Waals surface area contributed by atoms with E-state index in [2.05, 4.69) is 60.8 Å². The number of rotatable bonds is 5. The van der Waals surface area contributed by atoms with E-state index in [0.29, 0.717) is 0 Å². The van der Waals surface area contributed by atoms with Gasteiger partial charge in [0, 0.05) is 5.56 Å². The minimum absolute atomic E-state index is 0.797. The molecule has 2 heteroatoms. The van der Waals surface area contributed by atoms with Gasteiger partial charge in [-0.1, -0.05) is 55.8 Å². The third kappa shape index (κ3) is 2.56. The van der Waals surface area contributed by atoms with Gasteiger partial charge in [-0.25, -0.2) is 0 Å². The van der Waals surface area contributed by atoms with E-state index in [-0.39, 0.29) is 0 Å². The molecular formula is C18H18OS. The summed E-state index contributed by atoms with van der Waals surface area (Å²) in [5, 5.41) is 4.67. The molecule has 0 aliphatic heterocycles. The van der Waals surface area contributed by atoms with Gasteiger partial charge in [0.25, 0.3) is 0 Å². The highest BCUT2D eigenvalue weighted by Gasteiger charge is 2.10. The molecule has 0 bridgehead atoms. The van der Waals surface area contributed by atoms with Crippen LogP contribution in [0.15, 0.2) is 53.9 Å². The van der Waals surface area contributed by atoms with Crippen LogP contribution in [0.3, 0.4) is 0 Å². The highest BCUT2D eigenvalue weighted by molar-refractivity contribution is 7.14. The van der Waals surface area contributed by atoms with Crippen molar-refractivity contribution in [1.29, 1.82) is 0 Å². The zero-order valence-electron chi connectivity index (χ0n) is 11.6. The second kappa shape index (κ2) is 6.10. The third-order valence-corrected chi connectivity index (χ3v) is 4.35. The van der Waals surface area contributed by atoms with Gasteiger partial charge in [-0.05, 0) is 28.6 Å². The molecule has 0 N–H and O–H groups in total. The Morgan fingerprint density at radius 1 is 1.00 bits per heavy atom. The lowest BCUT2D eigenvalue weighted by Crippen LogP contribution is -1.96. The molecule has 20 heavy (non-hydrogen) atoms. The fraction of sp³-hybridized carbons (Fsp3) is 0.222. The standard InChI is InChI=1S/C18H18OS/c1-2-3-12-19-17-11-13-20-18(17)16-10-6-8-14-7-4-5-9-15(14)16/h4-11,13H,2-3,12H2,1H3. The lowest BCUT2D eigenvalue weighted by atomic mass is 10.0. The van der Waals surface area contributed by atoms with E-state index in [1.165, 1.54) is 21.2 Å². The average Bonchev–Trinajstić information content (AvgIpc) is 2.95. The fourth-order valence-electron chi connectivity index (χ4n) is 2.36. The SMILES string of the molecule is CCCCOc1ccsc1-c1cccc2ccccc12. The Kier molecular flexibility index (Phi) is 4.03. The summed E-state index contributed by atoms with van der Waals surface area (Å²) >= 11 is 1.75. The molecular weight excluding hydrogens is 264 g/mol. The van der Waals surface area contributed by atoms with Gasteiger partial charge in [-0.2, -0.15) is 0 Å². The monoisotopic (exact) mass is 282 g/mol. The summed E-state index contributed by atoms with van der Waals surface area (Å²) in [6.45, 7) is 2.98. The van der Waals surface area contributed by atoms with Crippen molar-refractivity contribution in [3.05, 3.63) is 53.9 Å². The van der Waals surface area contributed by atoms with Crippen LogP contribution in [-0.4, -0.2) is 6.61 Å². The van der Waals surface area contributed by atoms with Crippen molar-refractivity contribution >= 4 is 22.1 Å². The molecule has 102 valence electrons. The van der Waals surface area contributed by atoms with Crippen LogP contribution < -0.4 is 4.74 Å². The van der Waals surface area contributed by atoms with Crippen molar-refractivity contribution in [1.82, 2.24) is 0 Å². The summed E-state index contributed by atoms with van der Waals surface area (Å²) < 4.78 is 5.93. The van der Waals surface area contributed by atoms with Crippen LogP contribution in [0.2, 0.25) is 0 Å². The zero-order valence-corrected chi connectivity index (χ0v) is 12.5. The van der Waals surface area contributed by atoms with Crippen LogP contribution in [0.4, 0.5) is 0 Å². The molecule has 0 radical (unpaired) electrons. The molecule has 0 saturated carbocycles. The van der Waals surface area contributed by atoms with E-state index in [4.69, 9.17) is 4.74 Å². The number of thiophene rings is 1. The molecule has 2 aromatic carbocycles. The van der Waals surface area contributed by atoms with Gasteiger partial charge in [0.05, 0.1) is 11.5 Å². The maximum atomic E-state index is 5.93. The van der Waals surface area contributed by atoms with Crippen LogP contribution in [0.1, 0.15) is 19.8 Å². The van der Waals surface area contributed by atoms with E-state index in [1.54, 1.807) is 11.3 Å². The first-order valence-electron chi connectivity index (χ1n) is 7.08. The van der Waals surface area contributed by atoms with Crippen LogP contribution in [0, 0.1) is 0 Å². The maximum absolute atomic E-state index is 5.93. The molecule has 1 aromatic heterocycles. The topological polar surface area (TPSA) is 9.23 Å². The van der Waals surface area contributed by atoms with Crippen LogP contribution in [-0.2, 0) is 0 Å². The van der Waals surface area contributed by atoms with Crippen molar-refractivity contribution < 1.29 is 4.74 Å². The highest BCUT2D eigenvalue weighted by Crippen LogP contribution is 2.39. The van der Waals surface area contributed by atoms with Crippen LogP contribution in [0.25, 0.3) is 21.2 Å². The molecule has 1 nitrogen and oxygen atoms in total. The Balaban J connectivity index is 2.01. The van der Waals surface area contributed by atoms with Gasteiger partial charge >= 0.3 is 0 Å². The maximum Gasteiger partial charge on any atom is 0.137 e. The first kappa shape index (κ1) is 13.2. The number of hydrogen-bond donors (Lipinski definition) is 0. The summed E-state index contributed by atoms with van der Waals surface area (Å²) in [6.07, 6.45) is 2.26. The van der Waals surface area contributed by atoms with E-state index in [9.17, 15) is 0 Å². The van der Waals surface area contributed by atoms with Crippen molar-refractivity contribution in [2.75, 3.05) is 6.61 Å². The molecule has 0 spiro atoms. The van der Waals surface area contributed by atoms with Crippen molar-refractivity contribution in [2.24, 2.45) is 0 Å². The predicted octanol–water partition coefficient (Wildman–Crippen LogP) is 5.75. The second-order valence-corrected chi connectivity index (χ2v) is 5.76. The second-order valence-electron chi connectivity index (χ2n) is 4.84. The Bertz CT molecular complexity index is 694. The largest absolute Gasteiger partial charge is 0.492 e. The number of unbranched alkanes of at least 4 members (excludes halogenated alkanes) is 1.